The lowest BCUT2D eigenvalue weighted by Crippen LogP contribution is -2.47. The fraction of sp³-hybridized carbons (Fsp3) is 0.450. The molecule has 3 aliphatic rings. The van der Waals surface area contributed by atoms with Gasteiger partial charge in [-0.1, -0.05) is 18.2 Å². The number of rotatable bonds is 10. The molecule has 0 bridgehead atoms. The first-order chi connectivity index (χ1) is 27.2. The molecule has 0 spiro atoms. The van der Waals surface area contributed by atoms with Crippen LogP contribution in [0.1, 0.15) is 91.6 Å². The number of halogens is 4. The Labute approximate surface area is 326 Å². The molecule has 17 heteroatoms. The van der Waals surface area contributed by atoms with Gasteiger partial charge in [0.1, 0.15) is 40.3 Å². The smallest absolute Gasteiger partial charge is 0.433 e. The van der Waals surface area contributed by atoms with E-state index in [1.54, 1.807) is 34.9 Å². The maximum atomic E-state index is 15.6. The van der Waals surface area contributed by atoms with Crippen molar-refractivity contribution in [3.05, 3.63) is 83.3 Å². The van der Waals surface area contributed by atoms with Crippen LogP contribution in [0.3, 0.4) is 0 Å². The van der Waals surface area contributed by atoms with Crippen LogP contribution in [0.25, 0.3) is 5.65 Å². The van der Waals surface area contributed by atoms with Crippen molar-refractivity contribution in [1.29, 1.82) is 0 Å². The van der Waals surface area contributed by atoms with Crippen molar-refractivity contribution in [3.63, 3.8) is 0 Å². The normalized spacial score (nSPS) is 18.9. The lowest BCUT2D eigenvalue weighted by Gasteiger charge is -2.35. The van der Waals surface area contributed by atoms with Crippen LogP contribution in [-0.4, -0.2) is 92.7 Å². The van der Waals surface area contributed by atoms with E-state index in [4.69, 9.17) is 9.72 Å². The van der Waals surface area contributed by atoms with Crippen LogP contribution in [0.15, 0.2) is 54.9 Å². The summed E-state index contributed by atoms with van der Waals surface area (Å²) in [6.45, 7) is 6.28. The Hall–Kier alpha value is -5.58. The molecule has 3 fully saturated rings. The number of aromatic nitrogens is 3. The van der Waals surface area contributed by atoms with Crippen LogP contribution >= 0.6 is 0 Å². The van der Waals surface area contributed by atoms with Gasteiger partial charge in [0.2, 0.25) is 17.7 Å². The number of carbonyl (C=O) groups is 4. The molecule has 7 rings (SSSR count). The molecular weight excluding hydrogens is 748 g/mol. The van der Waals surface area contributed by atoms with Gasteiger partial charge in [-0.3, -0.25) is 29.4 Å². The molecule has 1 atom stereocenters. The Morgan fingerprint density at radius 1 is 0.930 bits per heavy atom. The van der Waals surface area contributed by atoms with Crippen molar-refractivity contribution in [2.24, 2.45) is 0 Å². The van der Waals surface area contributed by atoms with Crippen molar-refractivity contribution in [3.8, 4) is 5.75 Å². The monoisotopic (exact) mass is 792 g/mol. The first-order valence-corrected chi connectivity index (χ1v) is 19.2. The van der Waals surface area contributed by atoms with E-state index in [1.807, 2.05) is 24.9 Å². The highest BCUT2D eigenvalue weighted by molar-refractivity contribution is 6.04. The molecular formula is C40H44F4N8O5. The van der Waals surface area contributed by atoms with Gasteiger partial charge < -0.3 is 24.7 Å². The predicted molar refractivity (Wildman–Crippen MR) is 201 cm³/mol. The number of pyridine rings is 2. The molecule has 0 radical (unpaired) electrons. The second-order valence-corrected chi connectivity index (χ2v) is 15.1. The van der Waals surface area contributed by atoms with Gasteiger partial charge in [-0.2, -0.15) is 13.2 Å². The van der Waals surface area contributed by atoms with Gasteiger partial charge in [0.05, 0.1) is 24.0 Å². The number of imidazole rings is 1. The maximum absolute atomic E-state index is 15.6. The second-order valence-electron chi connectivity index (χ2n) is 15.1. The maximum Gasteiger partial charge on any atom is 0.433 e. The number of amides is 4. The highest BCUT2D eigenvalue weighted by atomic mass is 19.4. The molecule has 3 N–H and O–H groups in total. The molecule has 6 heterocycles. The summed E-state index contributed by atoms with van der Waals surface area (Å²) in [5.41, 5.74) is 0.869. The average Bonchev–Trinajstić information content (AvgIpc) is 3.59. The van der Waals surface area contributed by atoms with Crippen molar-refractivity contribution in [2.75, 3.05) is 43.4 Å². The molecule has 3 saturated heterocycles. The van der Waals surface area contributed by atoms with Gasteiger partial charge in [-0.15, -0.1) is 0 Å². The molecule has 302 valence electrons. The third kappa shape index (κ3) is 9.19. The van der Waals surface area contributed by atoms with Crippen molar-refractivity contribution in [2.45, 2.75) is 82.5 Å². The number of hydrogen-bond donors (Lipinski definition) is 3. The number of fused-ring (bicyclic) bond motifs is 1. The molecule has 3 aromatic heterocycles. The number of benzene rings is 1. The molecule has 57 heavy (non-hydrogen) atoms. The van der Waals surface area contributed by atoms with E-state index in [0.717, 1.165) is 17.8 Å². The molecule has 0 saturated carbocycles. The number of imide groups is 1. The summed E-state index contributed by atoms with van der Waals surface area (Å²) in [7, 11) is 0. The van der Waals surface area contributed by atoms with Crippen LogP contribution in [0.4, 0.5) is 28.9 Å². The zero-order valence-corrected chi connectivity index (χ0v) is 31.6. The summed E-state index contributed by atoms with van der Waals surface area (Å²) in [6, 6.07) is 9.25. The van der Waals surface area contributed by atoms with Gasteiger partial charge >= 0.3 is 6.18 Å². The van der Waals surface area contributed by atoms with Crippen molar-refractivity contribution >= 4 is 40.7 Å². The van der Waals surface area contributed by atoms with Crippen LogP contribution in [0, 0.1) is 5.82 Å². The first-order valence-electron chi connectivity index (χ1n) is 19.2. The highest BCUT2D eigenvalue weighted by Gasteiger charge is 2.34. The standard InChI is InChI=1S/C40H44F4N8O5/c1-23(2)57-32-19-34-47-30(20-52(34)21-31(32)48-38(55)28-7-4-8-33(46-28)40(42,43)44)25-13-17-51(18-14-25)36(54)22-50-15-11-24(12-16-50)26-5-3-6-27(37(26)41)45-29-9-10-35(53)49-39(29)56/h3-8,19-21,23-25,29,45H,9-18,22H2,1-2H3,(H,48,55)(H,49,53,56). The third-order valence-corrected chi connectivity index (χ3v) is 10.7. The number of anilines is 2. The topological polar surface area (TPSA) is 150 Å². The summed E-state index contributed by atoms with van der Waals surface area (Å²) >= 11 is 0. The minimum Gasteiger partial charge on any atom is -0.489 e. The van der Waals surface area contributed by atoms with Crippen molar-refractivity contribution in [1.82, 2.24) is 29.5 Å². The Morgan fingerprint density at radius 2 is 1.65 bits per heavy atom. The van der Waals surface area contributed by atoms with Crippen molar-refractivity contribution < 1.29 is 41.5 Å². The van der Waals surface area contributed by atoms with Crippen LogP contribution in [-0.2, 0) is 20.6 Å². The number of nitrogens with one attached hydrogen (secondary N) is 3. The second kappa shape index (κ2) is 16.5. The Bertz CT molecular complexity index is 2160. The average molecular weight is 793 g/mol. The van der Waals surface area contributed by atoms with E-state index in [9.17, 15) is 32.3 Å². The van der Waals surface area contributed by atoms with Crippen LogP contribution in [0.2, 0.25) is 0 Å². The van der Waals surface area contributed by atoms with Crippen LogP contribution in [0.5, 0.6) is 5.75 Å². The third-order valence-electron chi connectivity index (χ3n) is 10.7. The number of piperidine rings is 3. The van der Waals surface area contributed by atoms with Gasteiger partial charge in [0.25, 0.3) is 5.91 Å². The fourth-order valence-electron chi connectivity index (χ4n) is 7.70. The molecule has 3 aliphatic heterocycles. The number of ether oxygens (including phenoxy) is 1. The van der Waals surface area contributed by atoms with Gasteiger partial charge in [-0.05, 0) is 88.7 Å². The summed E-state index contributed by atoms with van der Waals surface area (Å²) in [4.78, 5) is 62.4. The largest absolute Gasteiger partial charge is 0.489 e. The molecule has 13 nitrogen and oxygen atoms in total. The summed E-state index contributed by atoms with van der Waals surface area (Å²) < 4.78 is 63.0. The van der Waals surface area contributed by atoms with E-state index >= 15 is 4.39 Å². The van der Waals surface area contributed by atoms with E-state index in [0.29, 0.717) is 75.2 Å². The number of likely N-dealkylation sites (tertiary alicyclic amines) is 2. The summed E-state index contributed by atoms with van der Waals surface area (Å²) in [5, 5.41) is 7.89. The Morgan fingerprint density at radius 3 is 2.35 bits per heavy atom. The van der Waals surface area contributed by atoms with E-state index in [2.05, 4.69) is 25.8 Å². The van der Waals surface area contributed by atoms with E-state index in [-0.39, 0.29) is 54.1 Å². The minimum absolute atomic E-state index is 0.0336. The summed E-state index contributed by atoms with van der Waals surface area (Å²) in [5.74, 6) is -1.63. The number of alkyl halides is 3. The minimum atomic E-state index is -4.70. The highest BCUT2D eigenvalue weighted by Crippen LogP contribution is 2.35. The lowest BCUT2D eigenvalue weighted by atomic mass is 9.88. The number of hydrogen-bond acceptors (Lipinski definition) is 9. The SMILES string of the molecule is CC(C)Oc1cc2nc(C3CCN(C(=O)CN4CCC(c5cccc(NC6CCC(=O)NC6=O)c5F)CC4)CC3)cn2cc1NC(=O)c1cccc(C(F)(F)F)n1. The van der Waals surface area contributed by atoms with Gasteiger partial charge in [0, 0.05) is 43.9 Å². The summed E-state index contributed by atoms with van der Waals surface area (Å²) in [6.07, 6.45) is 1.74. The van der Waals surface area contributed by atoms with E-state index < -0.39 is 41.2 Å². The predicted octanol–water partition coefficient (Wildman–Crippen LogP) is 5.73. The Kier molecular flexibility index (Phi) is 11.5. The molecule has 1 unspecified atom stereocenters. The Balaban J connectivity index is 0.929. The zero-order chi connectivity index (χ0) is 40.4. The van der Waals surface area contributed by atoms with Gasteiger partial charge in [-0.25, -0.2) is 14.4 Å². The van der Waals surface area contributed by atoms with Gasteiger partial charge in [0.15, 0.2) is 0 Å². The fourth-order valence-corrected chi connectivity index (χ4v) is 7.70. The van der Waals surface area contributed by atoms with Crippen LogP contribution < -0.4 is 20.7 Å². The molecule has 0 aliphatic carbocycles. The quantitative estimate of drug-likeness (QED) is 0.135. The van der Waals surface area contributed by atoms with E-state index in [1.165, 1.54) is 6.07 Å². The lowest BCUT2D eigenvalue weighted by molar-refractivity contribution is -0.141. The zero-order valence-electron chi connectivity index (χ0n) is 31.6. The molecule has 1 aromatic carbocycles. The first kappa shape index (κ1) is 39.6. The molecule has 4 aromatic rings. The molecule has 4 amide bonds. The number of carbonyl (C=O) groups excluding carboxylic acids is 4. The number of nitrogens with zero attached hydrogens (tertiary/aromatic N) is 5.